The summed E-state index contributed by atoms with van der Waals surface area (Å²) in [6.45, 7) is 6.72. The summed E-state index contributed by atoms with van der Waals surface area (Å²) in [4.78, 5) is 27.9. The second-order valence-corrected chi connectivity index (χ2v) is 7.01. The summed E-state index contributed by atoms with van der Waals surface area (Å²) < 4.78 is 0. The predicted molar refractivity (Wildman–Crippen MR) is 85.2 cm³/mol. The number of nitrogens with zero attached hydrogens (tertiary/aromatic N) is 1. The SMILES string of the molecule is CCC1C(=O)NC(CC(C)C)C(=O)N1CCc1cccs1. The topological polar surface area (TPSA) is 49.4 Å². The van der Waals surface area contributed by atoms with Crippen molar-refractivity contribution in [3.8, 4) is 0 Å². The Hall–Kier alpha value is -1.36. The van der Waals surface area contributed by atoms with E-state index in [1.165, 1.54) is 4.88 Å². The molecule has 0 bridgehead atoms. The number of rotatable bonds is 6. The van der Waals surface area contributed by atoms with Gasteiger partial charge in [-0.05, 0) is 36.6 Å². The molecule has 4 nitrogen and oxygen atoms in total. The van der Waals surface area contributed by atoms with Gasteiger partial charge in [0.1, 0.15) is 12.1 Å². The Labute approximate surface area is 130 Å². The van der Waals surface area contributed by atoms with Crippen molar-refractivity contribution >= 4 is 23.2 Å². The van der Waals surface area contributed by atoms with Crippen LogP contribution < -0.4 is 5.32 Å². The minimum absolute atomic E-state index is 0.00562. The minimum Gasteiger partial charge on any atom is -0.342 e. The molecule has 2 heterocycles. The van der Waals surface area contributed by atoms with E-state index in [-0.39, 0.29) is 23.9 Å². The van der Waals surface area contributed by atoms with Crippen LogP contribution in [0.3, 0.4) is 0 Å². The quantitative estimate of drug-likeness (QED) is 0.877. The van der Waals surface area contributed by atoms with Gasteiger partial charge in [0.2, 0.25) is 11.8 Å². The van der Waals surface area contributed by atoms with E-state index in [4.69, 9.17) is 0 Å². The highest BCUT2D eigenvalue weighted by Gasteiger charge is 2.39. The third-order valence-corrected chi connectivity index (χ3v) is 4.79. The zero-order chi connectivity index (χ0) is 15.4. The van der Waals surface area contributed by atoms with Gasteiger partial charge in [0.05, 0.1) is 0 Å². The molecule has 1 saturated heterocycles. The first kappa shape index (κ1) is 16.0. The Morgan fingerprint density at radius 2 is 2.14 bits per heavy atom. The van der Waals surface area contributed by atoms with Gasteiger partial charge in [0, 0.05) is 11.4 Å². The highest BCUT2D eigenvalue weighted by molar-refractivity contribution is 7.09. The number of carbonyl (C=O) groups excluding carboxylic acids is 2. The first-order chi connectivity index (χ1) is 10.0. The van der Waals surface area contributed by atoms with Crippen LogP contribution in [0.4, 0.5) is 0 Å². The number of hydrogen-bond donors (Lipinski definition) is 1. The van der Waals surface area contributed by atoms with E-state index in [9.17, 15) is 9.59 Å². The van der Waals surface area contributed by atoms with Crippen molar-refractivity contribution < 1.29 is 9.59 Å². The van der Waals surface area contributed by atoms with Crippen LogP contribution in [-0.2, 0) is 16.0 Å². The van der Waals surface area contributed by atoms with E-state index in [2.05, 4.69) is 25.2 Å². The van der Waals surface area contributed by atoms with Crippen molar-refractivity contribution in [2.75, 3.05) is 6.54 Å². The molecule has 1 aliphatic rings. The second-order valence-electron chi connectivity index (χ2n) is 5.98. The molecule has 2 atom stereocenters. The minimum atomic E-state index is -0.358. The molecule has 1 aromatic rings. The molecule has 1 fully saturated rings. The van der Waals surface area contributed by atoms with Gasteiger partial charge in [-0.15, -0.1) is 11.3 Å². The number of piperazine rings is 1. The molecule has 0 spiro atoms. The van der Waals surface area contributed by atoms with E-state index >= 15 is 0 Å². The molecular formula is C16H24N2O2S. The van der Waals surface area contributed by atoms with Gasteiger partial charge in [-0.25, -0.2) is 0 Å². The Kier molecular flexibility index (Phi) is 5.39. The smallest absolute Gasteiger partial charge is 0.245 e. The van der Waals surface area contributed by atoms with Crippen LogP contribution in [0.25, 0.3) is 0 Å². The zero-order valence-electron chi connectivity index (χ0n) is 13.0. The Morgan fingerprint density at radius 1 is 1.38 bits per heavy atom. The lowest BCUT2D eigenvalue weighted by atomic mass is 9.97. The molecule has 116 valence electrons. The van der Waals surface area contributed by atoms with Crippen LogP contribution in [0.2, 0.25) is 0 Å². The third-order valence-electron chi connectivity index (χ3n) is 3.85. The standard InChI is InChI=1S/C16H24N2O2S/c1-4-14-15(19)17-13(10-11(2)3)16(20)18(14)8-7-12-6-5-9-21-12/h5-6,9,11,13-14H,4,7-8,10H2,1-3H3,(H,17,19). The fourth-order valence-electron chi connectivity index (χ4n) is 2.81. The van der Waals surface area contributed by atoms with Crippen molar-refractivity contribution in [2.24, 2.45) is 5.92 Å². The van der Waals surface area contributed by atoms with Crippen LogP contribution in [-0.4, -0.2) is 35.3 Å². The molecular weight excluding hydrogens is 284 g/mol. The normalized spacial score (nSPS) is 22.8. The molecule has 5 heteroatoms. The maximum absolute atomic E-state index is 12.6. The molecule has 0 aromatic carbocycles. The summed E-state index contributed by atoms with van der Waals surface area (Å²) in [5, 5.41) is 4.93. The van der Waals surface area contributed by atoms with Crippen molar-refractivity contribution in [1.29, 1.82) is 0 Å². The first-order valence-electron chi connectivity index (χ1n) is 7.66. The van der Waals surface area contributed by atoms with E-state index in [0.717, 1.165) is 6.42 Å². The van der Waals surface area contributed by atoms with Crippen LogP contribution in [0.1, 0.15) is 38.5 Å². The largest absolute Gasteiger partial charge is 0.342 e. The Balaban J connectivity index is 2.08. The molecule has 1 N–H and O–H groups in total. The Bertz CT molecular complexity index is 484. The number of amides is 2. The molecule has 1 aliphatic heterocycles. The highest BCUT2D eigenvalue weighted by atomic mass is 32.1. The summed E-state index contributed by atoms with van der Waals surface area (Å²) in [5.74, 6) is 0.456. The van der Waals surface area contributed by atoms with E-state index < -0.39 is 0 Å². The van der Waals surface area contributed by atoms with Gasteiger partial charge < -0.3 is 10.2 Å². The molecule has 2 amide bonds. The van der Waals surface area contributed by atoms with Crippen molar-refractivity contribution in [1.82, 2.24) is 10.2 Å². The average molecular weight is 308 g/mol. The van der Waals surface area contributed by atoms with Gasteiger partial charge in [-0.3, -0.25) is 9.59 Å². The van der Waals surface area contributed by atoms with Crippen molar-refractivity contribution in [3.63, 3.8) is 0 Å². The molecule has 21 heavy (non-hydrogen) atoms. The molecule has 2 rings (SSSR count). The van der Waals surface area contributed by atoms with Gasteiger partial charge in [0.15, 0.2) is 0 Å². The molecule has 0 aliphatic carbocycles. The fourth-order valence-corrected chi connectivity index (χ4v) is 3.51. The summed E-state index contributed by atoms with van der Waals surface area (Å²) in [6.07, 6.45) is 2.19. The summed E-state index contributed by atoms with van der Waals surface area (Å²) in [7, 11) is 0. The highest BCUT2D eigenvalue weighted by Crippen LogP contribution is 2.19. The van der Waals surface area contributed by atoms with Gasteiger partial charge in [0.25, 0.3) is 0 Å². The van der Waals surface area contributed by atoms with Crippen LogP contribution in [0.15, 0.2) is 17.5 Å². The lowest BCUT2D eigenvalue weighted by Crippen LogP contribution is -2.63. The van der Waals surface area contributed by atoms with E-state index in [0.29, 0.717) is 25.3 Å². The molecule has 0 saturated carbocycles. The lowest BCUT2D eigenvalue weighted by Gasteiger charge is -2.39. The summed E-state index contributed by atoms with van der Waals surface area (Å²) in [5.41, 5.74) is 0. The third kappa shape index (κ3) is 3.84. The summed E-state index contributed by atoms with van der Waals surface area (Å²) in [6, 6.07) is 3.42. The van der Waals surface area contributed by atoms with Crippen molar-refractivity contribution in [2.45, 2.75) is 52.1 Å². The van der Waals surface area contributed by atoms with Crippen molar-refractivity contribution in [3.05, 3.63) is 22.4 Å². The van der Waals surface area contributed by atoms with E-state index in [1.807, 2.05) is 18.4 Å². The molecule has 1 aromatic heterocycles. The van der Waals surface area contributed by atoms with Gasteiger partial charge >= 0.3 is 0 Å². The van der Waals surface area contributed by atoms with E-state index in [1.54, 1.807) is 16.2 Å². The van der Waals surface area contributed by atoms with Crippen LogP contribution >= 0.6 is 11.3 Å². The summed E-state index contributed by atoms with van der Waals surface area (Å²) >= 11 is 1.70. The Morgan fingerprint density at radius 3 is 2.71 bits per heavy atom. The number of thiophene rings is 1. The average Bonchev–Trinajstić information content (AvgIpc) is 2.93. The number of hydrogen-bond acceptors (Lipinski definition) is 3. The van der Waals surface area contributed by atoms with Gasteiger partial charge in [-0.2, -0.15) is 0 Å². The zero-order valence-corrected chi connectivity index (χ0v) is 13.8. The lowest BCUT2D eigenvalue weighted by molar-refractivity contribution is -0.149. The van der Waals surface area contributed by atoms with Crippen LogP contribution in [0.5, 0.6) is 0 Å². The van der Waals surface area contributed by atoms with Crippen LogP contribution in [0, 0.1) is 5.92 Å². The maximum Gasteiger partial charge on any atom is 0.245 e. The number of nitrogens with one attached hydrogen (secondary N) is 1. The molecule has 2 unspecified atom stereocenters. The predicted octanol–water partition coefficient (Wildman–Crippen LogP) is 2.44. The fraction of sp³-hybridized carbons (Fsp3) is 0.625. The number of carbonyl (C=O) groups is 2. The first-order valence-corrected chi connectivity index (χ1v) is 8.54. The molecule has 0 radical (unpaired) electrons. The monoisotopic (exact) mass is 308 g/mol. The maximum atomic E-state index is 12.6. The second kappa shape index (κ2) is 7.07. The van der Waals surface area contributed by atoms with Gasteiger partial charge in [-0.1, -0.05) is 26.8 Å².